The van der Waals surface area contributed by atoms with Crippen molar-refractivity contribution in [1.82, 2.24) is 0 Å². The predicted molar refractivity (Wildman–Crippen MR) is 39.0 cm³/mol. The minimum atomic E-state index is -0.344. The van der Waals surface area contributed by atoms with E-state index in [4.69, 9.17) is 0 Å². The molecular weight excluding hydrogens is 138 g/mol. The van der Waals surface area contributed by atoms with Gasteiger partial charge in [0, 0.05) is 0 Å². The molecule has 0 N–H and O–H groups in total. The standard InChI is InChI=1S/C5H11NO2S/c1-4-5(2,3)9-6(7)8/h4H2,1-3H3. The Morgan fingerprint density at radius 2 is 2.11 bits per heavy atom. The average molecular weight is 149 g/mol. The molecule has 0 aliphatic heterocycles. The number of hydrogen-bond donors (Lipinski definition) is 0. The molecule has 0 saturated carbocycles. The van der Waals surface area contributed by atoms with Crippen LogP contribution in [-0.2, 0) is 0 Å². The van der Waals surface area contributed by atoms with Crippen molar-refractivity contribution in [2.75, 3.05) is 0 Å². The van der Waals surface area contributed by atoms with Crippen LogP contribution in [0.5, 0.6) is 0 Å². The van der Waals surface area contributed by atoms with Crippen molar-refractivity contribution in [3.63, 3.8) is 0 Å². The van der Waals surface area contributed by atoms with Gasteiger partial charge in [0.1, 0.15) is 4.33 Å². The molecule has 0 aromatic carbocycles. The van der Waals surface area contributed by atoms with Gasteiger partial charge in [0.15, 0.2) is 0 Å². The molecule has 0 heterocycles. The molecule has 0 aromatic heterocycles. The zero-order chi connectivity index (χ0) is 7.49. The monoisotopic (exact) mass is 149 g/mol. The maximum atomic E-state index is 9.94. The van der Waals surface area contributed by atoms with E-state index in [0.717, 1.165) is 18.4 Å². The van der Waals surface area contributed by atoms with Crippen LogP contribution in [0.15, 0.2) is 0 Å². The summed E-state index contributed by atoms with van der Waals surface area (Å²) in [6, 6.07) is 0. The summed E-state index contributed by atoms with van der Waals surface area (Å²) in [4.78, 5) is 9.94. The molecule has 0 unspecified atom stereocenters. The normalized spacial score (nSPS) is 11.4. The van der Waals surface area contributed by atoms with Crippen LogP contribution in [0.3, 0.4) is 0 Å². The summed E-state index contributed by atoms with van der Waals surface area (Å²) in [6.07, 6.45) is 0.818. The smallest absolute Gasteiger partial charge is 0.234 e. The van der Waals surface area contributed by atoms with Gasteiger partial charge < -0.3 is 0 Å². The van der Waals surface area contributed by atoms with Crippen LogP contribution < -0.4 is 0 Å². The Balaban J connectivity index is 3.71. The van der Waals surface area contributed by atoms with E-state index >= 15 is 0 Å². The minimum absolute atomic E-state index is 0.219. The zero-order valence-corrected chi connectivity index (χ0v) is 6.70. The Morgan fingerprint density at radius 1 is 1.67 bits per heavy atom. The molecule has 0 saturated heterocycles. The molecule has 9 heavy (non-hydrogen) atoms. The fourth-order valence-corrected chi connectivity index (χ4v) is 0.799. The second kappa shape index (κ2) is 3.06. The molecule has 3 nitrogen and oxygen atoms in total. The molecule has 0 amide bonds. The first kappa shape index (κ1) is 8.75. The van der Waals surface area contributed by atoms with Crippen molar-refractivity contribution < 1.29 is 4.33 Å². The highest BCUT2D eigenvalue weighted by molar-refractivity contribution is 7.94. The maximum absolute atomic E-state index is 9.94. The third kappa shape index (κ3) is 4.27. The fourth-order valence-electron chi connectivity index (χ4n) is 0.266. The van der Waals surface area contributed by atoms with Crippen molar-refractivity contribution in [1.29, 1.82) is 0 Å². The summed E-state index contributed by atoms with van der Waals surface area (Å²) in [7, 11) is 0. The van der Waals surface area contributed by atoms with E-state index in [1.807, 2.05) is 20.8 Å². The van der Waals surface area contributed by atoms with Crippen LogP contribution >= 0.6 is 11.9 Å². The van der Waals surface area contributed by atoms with Gasteiger partial charge in [-0.1, -0.05) is 6.92 Å². The molecule has 0 fully saturated rings. The predicted octanol–water partition coefficient (Wildman–Crippen LogP) is 2.10. The summed E-state index contributed by atoms with van der Waals surface area (Å²) >= 11 is 0.779. The van der Waals surface area contributed by atoms with Crippen LogP contribution in [0.25, 0.3) is 0 Å². The molecule has 54 valence electrons. The van der Waals surface area contributed by atoms with Gasteiger partial charge in [0.05, 0.1) is 4.75 Å². The molecule has 0 spiro atoms. The summed E-state index contributed by atoms with van der Waals surface area (Å²) in [6.45, 7) is 5.66. The lowest BCUT2D eigenvalue weighted by Gasteiger charge is -2.12. The first-order valence-corrected chi connectivity index (χ1v) is 3.59. The Kier molecular flexibility index (Phi) is 2.97. The molecule has 0 atom stereocenters. The van der Waals surface area contributed by atoms with Gasteiger partial charge >= 0.3 is 0 Å². The Morgan fingerprint density at radius 3 is 2.22 bits per heavy atom. The maximum Gasteiger partial charge on any atom is 0.234 e. The van der Waals surface area contributed by atoms with E-state index in [-0.39, 0.29) is 9.08 Å². The molecular formula is C5H11NO2S. The third-order valence-corrected chi connectivity index (χ3v) is 2.11. The van der Waals surface area contributed by atoms with Gasteiger partial charge in [0.25, 0.3) is 0 Å². The summed E-state index contributed by atoms with van der Waals surface area (Å²) in [5.41, 5.74) is 0. The van der Waals surface area contributed by atoms with Crippen LogP contribution in [0, 0.1) is 10.1 Å². The lowest BCUT2D eigenvalue weighted by molar-refractivity contribution is -0.286. The lowest BCUT2D eigenvalue weighted by Crippen LogP contribution is -2.14. The minimum Gasteiger partial charge on any atom is -0.251 e. The van der Waals surface area contributed by atoms with Crippen molar-refractivity contribution in [3.05, 3.63) is 10.1 Å². The van der Waals surface area contributed by atoms with Gasteiger partial charge in [-0.2, -0.15) is 0 Å². The van der Waals surface area contributed by atoms with E-state index in [0.29, 0.717) is 0 Å². The molecule has 0 bridgehead atoms. The highest BCUT2D eigenvalue weighted by atomic mass is 32.2. The van der Waals surface area contributed by atoms with Gasteiger partial charge in [-0.3, -0.25) is 10.1 Å². The Hall–Kier alpha value is -0.250. The quantitative estimate of drug-likeness (QED) is 0.350. The van der Waals surface area contributed by atoms with Gasteiger partial charge in [0.2, 0.25) is 11.9 Å². The van der Waals surface area contributed by atoms with Crippen molar-refractivity contribution in [2.24, 2.45) is 0 Å². The number of nitrogens with zero attached hydrogens (tertiary/aromatic N) is 1. The van der Waals surface area contributed by atoms with Crippen molar-refractivity contribution >= 4 is 11.9 Å². The number of hydrogen-bond acceptors (Lipinski definition) is 3. The summed E-state index contributed by atoms with van der Waals surface area (Å²) in [5.74, 6) is 0. The molecule has 0 aromatic rings. The fraction of sp³-hybridized carbons (Fsp3) is 1.00. The highest BCUT2D eigenvalue weighted by Gasteiger charge is 2.24. The zero-order valence-electron chi connectivity index (χ0n) is 5.88. The first-order valence-electron chi connectivity index (χ1n) is 2.81. The van der Waals surface area contributed by atoms with Crippen molar-refractivity contribution in [2.45, 2.75) is 31.9 Å². The van der Waals surface area contributed by atoms with E-state index in [9.17, 15) is 10.1 Å². The third-order valence-electron chi connectivity index (χ3n) is 1.17. The Bertz CT molecular complexity index is 114. The van der Waals surface area contributed by atoms with Crippen LogP contribution in [-0.4, -0.2) is 9.08 Å². The molecule has 0 aliphatic rings. The first-order chi connectivity index (χ1) is 3.98. The van der Waals surface area contributed by atoms with Gasteiger partial charge in [-0.05, 0) is 20.3 Å². The Labute approximate surface area is 59.1 Å². The number of rotatable bonds is 3. The molecule has 0 radical (unpaired) electrons. The van der Waals surface area contributed by atoms with Crippen molar-refractivity contribution in [3.8, 4) is 0 Å². The van der Waals surface area contributed by atoms with Crippen LogP contribution in [0.2, 0.25) is 0 Å². The summed E-state index contributed by atoms with van der Waals surface area (Å²) < 4.78 is -0.562. The average Bonchev–Trinajstić information content (AvgIpc) is 1.63. The SMILES string of the molecule is CCC(C)(C)S[N+](=O)[O-]. The second-order valence-corrected chi connectivity index (χ2v) is 4.01. The van der Waals surface area contributed by atoms with Crippen LogP contribution in [0.1, 0.15) is 27.2 Å². The number of nitro groups is 1. The van der Waals surface area contributed by atoms with E-state index in [1.165, 1.54) is 0 Å². The molecule has 4 heteroatoms. The van der Waals surface area contributed by atoms with Gasteiger partial charge in [-0.25, -0.2) is 0 Å². The summed E-state index contributed by atoms with van der Waals surface area (Å²) in [5, 5.41) is 9.94. The highest BCUT2D eigenvalue weighted by Crippen LogP contribution is 2.27. The van der Waals surface area contributed by atoms with E-state index in [1.54, 1.807) is 0 Å². The van der Waals surface area contributed by atoms with Gasteiger partial charge in [-0.15, -0.1) is 0 Å². The lowest BCUT2D eigenvalue weighted by atomic mass is 10.1. The van der Waals surface area contributed by atoms with Crippen LogP contribution in [0.4, 0.5) is 0 Å². The van der Waals surface area contributed by atoms with E-state index < -0.39 is 0 Å². The largest absolute Gasteiger partial charge is 0.251 e. The van der Waals surface area contributed by atoms with E-state index in [2.05, 4.69) is 0 Å². The molecule has 0 aliphatic carbocycles. The second-order valence-electron chi connectivity index (χ2n) is 2.43. The molecule has 0 rings (SSSR count). The topological polar surface area (TPSA) is 43.1 Å².